The normalized spacial score (nSPS) is 16.6. The Morgan fingerprint density at radius 3 is 2.42 bits per heavy atom. The van der Waals surface area contributed by atoms with Crippen LogP contribution in [-0.4, -0.2) is 48.8 Å². The maximum absolute atomic E-state index is 13.0. The van der Waals surface area contributed by atoms with Gasteiger partial charge in [0.15, 0.2) is 0 Å². The minimum absolute atomic E-state index is 0.0380. The van der Waals surface area contributed by atoms with Crippen LogP contribution >= 0.6 is 0 Å². The molecule has 2 rings (SSSR count). The third-order valence-electron chi connectivity index (χ3n) is 4.84. The number of carboxylic acids is 1. The number of carboxylic acid groups (broad SMARTS) is 1. The molecule has 0 saturated carbocycles. The molecule has 0 aliphatic carbocycles. The predicted octanol–water partition coefficient (Wildman–Crippen LogP) is 3.12. The highest BCUT2D eigenvalue weighted by Crippen LogP contribution is 2.40. The Bertz CT molecular complexity index is 1010. The van der Waals surface area contributed by atoms with Gasteiger partial charge in [-0.15, -0.1) is 0 Å². The van der Waals surface area contributed by atoms with Gasteiger partial charge < -0.3 is 25.2 Å². The molecule has 1 heterocycles. The molecule has 1 aromatic rings. The second kappa shape index (κ2) is 11.0. The van der Waals surface area contributed by atoms with Gasteiger partial charge in [-0.05, 0) is 58.9 Å². The van der Waals surface area contributed by atoms with E-state index in [1.165, 1.54) is 6.08 Å². The summed E-state index contributed by atoms with van der Waals surface area (Å²) >= 11 is 0. The summed E-state index contributed by atoms with van der Waals surface area (Å²) in [5.41, 5.74) is 1.72. The van der Waals surface area contributed by atoms with Crippen LogP contribution in [0.5, 0.6) is 0 Å². The second-order valence-electron chi connectivity index (χ2n) is 8.54. The number of carbonyl (C=O) groups excluding carboxylic acids is 2. The molecule has 178 valence electrons. The maximum Gasteiger partial charge on any atom is 0.336 e. The SMILES string of the molecule is CCOC(=O)C1=C(CNC)NC(C)=C(C(=O)O)C1c1ccccc1/C=C/C(=O)OC(C)(C)C. The standard InChI is InChI=1S/C25H32N2O6/c1-7-32-24(31)22-18(14-26-6)27-15(2)20(23(29)30)21(22)17-11-9-8-10-16(17)12-13-19(28)33-25(3,4)5/h8-13,21,26-27H,7,14H2,1-6H3,(H,29,30)/b13-12+. The van der Waals surface area contributed by atoms with E-state index < -0.39 is 29.4 Å². The Kier molecular flexibility index (Phi) is 8.59. The number of carbonyl (C=O) groups is 3. The van der Waals surface area contributed by atoms with Crippen LogP contribution in [0.2, 0.25) is 0 Å². The summed E-state index contributed by atoms with van der Waals surface area (Å²) in [4.78, 5) is 37.5. The summed E-state index contributed by atoms with van der Waals surface area (Å²) in [6.45, 7) is 9.12. The van der Waals surface area contributed by atoms with Crippen molar-refractivity contribution in [2.24, 2.45) is 0 Å². The summed E-state index contributed by atoms with van der Waals surface area (Å²) in [7, 11) is 1.73. The van der Waals surface area contributed by atoms with E-state index >= 15 is 0 Å². The van der Waals surface area contributed by atoms with E-state index in [1.54, 1.807) is 72.0 Å². The average molecular weight is 457 g/mol. The number of nitrogens with one attached hydrogen (secondary N) is 2. The van der Waals surface area contributed by atoms with Crippen LogP contribution in [0, 0.1) is 0 Å². The van der Waals surface area contributed by atoms with Crippen molar-refractivity contribution >= 4 is 24.0 Å². The molecule has 8 heteroatoms. The number of allylic oxidation sites excluding steroid dienone is 1. The molecule has 0 spiro atoms. The highest BCUT2D eigenvalue weighted by molar-refractivity contribution is 6.00. The van der Waals surface area contributed by atoms with Gasteiger partial charge in [-0.3, -0.25) is 0 Å². The number of hydrogen-bond acceptors (Lipinski definition) is 7. The number of esters is 2. The topological polar surface area (TPSA) is 114 Å². The van der Waals surface area contributed by atoms with Crippen LogP contribution in [-0.2, 0) is 23.9 Å². The van der Waals surface area contributed by atoms with E-state index in [0.717, 1.165) is 0 Å². The van der Waals surface area contributed by atoms with Gasteiger partial charge in [0.2, 0.25) is 0 Å². The van der Waals surface area contributed by atoms with Gasteiger partial charge in [-0.25, -0.2) is 14.4 Å². The number of hydrogen-bond donors (Lipinski definition) is 3. The van der Waals surface area contributed by atoms with Crippen LogP contribution < -0.4 is 10.6 Å². The number of ether oxygens (including phenoxy) is 2. The molecule has 1 aromatic carbocycles. The van der Waals surface area contributed by atoms with Gasteiger partial charge in [-0.1, -0.05) is 24.3 Å². The van der Waals surface area contributed by atoms with Gasteiger partial charge in [0.1, 0.15) is 5.60 Å². The van der Waals surface area contributed by atoms with Crippen LogP contribution in [0.1, 0.15) is 51.7 Å². The van der Waals surface area contributed by atoms with Crippen molar-refractivity contribution in [3.05, 3.63) is 64.0 Å². The largest absolute Gasteiger partial charge is 0.478 e. The first kappa shape index (κ1) is 25.9. The number of dihydropyridines is 1. The zero-order valence-corrected chi connectivity index (χ0v) is 19.9. The van der Waals surface area contributed by atoms with Crippen LogP contribution in [0.25, 0.3) is 6.08 Å². The Balaban J connectivity index is 2.68. The van der Waals surface area contributed by atoms with E-state index in [9.17, 15) is 19.5 Å². The van der Waals surface area contributed by atoms with Gasteiger partial charge in [0.05, 0.1) is 23.7 Å². The van der Waals surface area contributed by atoms with Crippen molar-refractivity contribution in [3.8, 4) is 0 Å². The molecule has 0 bridgehead atoms. The molecule has 0 saturated heterocycles. The molecule has 1 aliphatic heterocycles. The first-order valence-electron chi connectivity index (χ1n) is 10.8. The zero-order chi connectivity index (χ0) is 24.8. The first-order valence-corrected chi connectivity index (χ1v) is 10.8. The fourth-order valence-electron chi connectivity index (χ4n) is 3.68. The molecule has 3 N–H and O–H groups in total. The van der Waals surface area contributed by atoms with Crippen molar-refractivity contribution < 1.29 is 29.0 Å². The lowest BCUT2D eigenvalue weighted by atomic mass is 9.78. The average Bonchev–Trinajstić information content (AvgIpc) is 2.70. The summed E-state index contributed by atoms with van der Waals surface area (Å²) in [5.74, 6) is -3.17. The highest BCUT2D eigenvalue weighted by atomic mass is 16.6. The Labute approximate surface area is 194 Å². The molecular formula is C25H32N2O6. The lowest BCUT2D eigenvalue weighted by molar-refractivity contribution is -0.148. The minimum Gasteiger partial charge on any atom is -0.478 e. The van der Waals surface area contributed by atoms with Gasteiger partial charge in [0, 0.05) is 24.0 Å². The van der Waals surface area contributed by atoms with E-state index in [2.05, 4.69) is 10.6 Å². The lowest BCUT2D eigenvalue weighted by Gasteiger charge is -2.31. The molecule has 33 heavy (non-hydrogen) atoms. The van der Waals surface area contributed by atoms with Crippen molar-refractivity contribution in [2.75, 3.05) is 20.2 Å². The van der Waals surface area contributed by atoms with Crippen molar-refractivity contribution in [1.82, 2.24) is 10.6 Å². The Hall–Kier alpha value is -3.39. The summed E-state index contributed by atoms with van der Waals surface area (Å²) in [6, 6.07) is 7.04. The number of likely N-dealkylation sites (N-methyl/N-ethyl adjacent to an activating group) is 1. The molecular weight excluding hydrogens is 424 g/mol. The Morgan fingerprint density at radius 2 is 1.85 bits per heavy atom. The van der Waals surface area contributed by atoms with E-state index in [1.807, 2.05) is 0 Å². The number of rotatable bonds is 8. The van der Waals surface area contributed by atoms with Gasteiger partial charge >= 0.3 is 17.9 Å². The third kappa shape index (κ3) is 6.55. The van der Waals surface area contributed by atoms with E-state index in [0.29, 0.717) is 29.1 Å². The van der Waals surface area contributed by atoms with Crippen LogP contribution in [0.15, 0.2) is 52.9 Å². The summed E-state index contributed by atoms with van der Waals surface area (Å²) < 4.78 is 10.6. The molecule has 8 nitrogen and oxygen atoms in total. The fourth-order valence-corrected chi connectivity index (χ4v) is 3.68. The molecule has 1 aliphatic rings. The molecule has 0 aromatic heterocycles. The second-order valence-corrected chi connectivity index (χ2v) is 8.54. The molecule has 1 atom stereocenters. The van der Waals surface area contributed by atoms with E-state index in [4.69, 9.17) is 9.47 Å². The maximum atomic E-state index is 13.0. The molecule has 0 amide bonds. The molecule has 1 unspecified atom stereocenters. The minimum atomic E-state index is -1.15. The molecule has 0 radical (unpaired) electrons. The predicted molar refractivity (Wildman–Crippen MR) is 125 cm³/mol. The van der Waals surface area contributed by atoms with Crippen LogP contribution in [0.3, 0.4) is 0 Å². The lowest BCUT2D eigenvalue weighted by Crippen LogP contribution is -2.36. The zero-order valence-electron chi connectivity index (χ0n) is 19.9. The van der Waals surface area contributed by atoms with Crippen LogP contribution in [0.4, 0.5) is 0 Å². The molecule has 0 fully saturated rings. The summed E-state index contributed by atoms with van der Waals surface area (Å²) in [6.07, 6.45) is 2.87. The smallest absolute Gasteiger partial charge is 0.336 e. The van der Waals surface area contributed by atoms with Gasteiger partial charge in [0.25, 0.3) is 0 Å². The van der Waals surface area contributed by atoms with Crippen molar-refractivity contribution in [2.45, 2.75) is 46.1 Å². The van der Waals surface area contributed by atoms with Crippen molar-refractivity contribution in [3.63, 3.8) is 0 Å². The van der Waals surface area contributed by atoms with Gasteiger partial charge in [-0.2, -0.15) is 0 Å². The number of aliphatic carboxylic acids is 1. The van der Waals surface area contributed by atoms with E-state index in [-0.39, 0.29) is 17.8 Å². The first-order chi connectivity index (χ1) is 15.5. The quantitative estimate of drug-likeness (QED) is 0.404. The monoisotopic (exact) mass is 456 g/mol. The highest BCUT2D eigenvalue weighted by Gasteiger charge is 2.38. The Morgan fingerprint density at radius 1 is 1.18 bits per heavy atom. The fraction of sp³-hybridized carbons (Fsp3) is 0.400. The third-order valence-corrected chi connectivity index (χ3v) is 4.84. The number of benzene rings is 1. The summed E-state index contributed by atoms with van der Waals surface area (Å²) in [5, 5.41) is 16.1. The van der Waals surface area contributed by atoms with Crippen molar-refractivity contribution in [1.29, 1.82) is 0 Å².